The molecule has 10 heteroatoms. The Morgan fingerprint density at radius 1 is 0.971 bits per heavy atom. The fourth-order valence-corrected chi connectivity index (χ4v) is 4.83. The Morgan fingerprint density at radius 3 is 2.18 bits per heavy atom. The predicted octanol–water partition coefficient (Wildman–Crippen LogP) is 4.31. The number of nitro benzene ring substituents is 1. The summed E-state index contributed by atoms with van der Waals surface area (Å²) in [7, 11) is -3.88. The highest BCUT2D eigenvalue weighted by molar-refractivity contribution is 7.89. The van der Waals surface area contributed by atoms with Crippen LogP contribution in [-0.4, -0.2) is 43.2 Å². The molecule has 9 nitrogen and oxygen atoms in total. The van der Waals surface area contributed by atoms with E-state index in [1.165, 1.54) is 16.4 Å². The molecule has 34 heavy (non-hydrogen) atoms. The average molecular weight is 484 g/mol. The summed E-state index contributed by atoms with van der Waals surface area (Å²) in [6, 6.07) is 20.4. The summed E-state index contributed by atoms with van der Waals surface area (Å²) >= 11 is 0. The Hall–Kier alpha value is -3.76. The molecule has 0 spiro atoms. The molecule has 3 rings (SSSR count). The number of anilines is 1. The summed E-state index contributed by atoms with van der Waals surface area (Å²) in [5, 5.41) is 14.2. The van der Waals surface area contributed by atoms with Crippen LogP contribution in [0.2, 0.25) is 0 Å². The molecule has 1 amide bonds. The summed E-state index contributed by atoms with van der Waals surface area (Å²) in [6.07, 6.45) is 0. The van der Waals surface area contributed by atoms with E-state index in [0.29, 0.717) is 5.69 Å². The molecule has 0 aliphatic rings. The van der Waals surface area contributed by atoms with Gasteiger partial charge in [-0.2, -0.15) is 4.31 Å². The van der Waals surface area contributed by atoms with E-state index in [4.69, 9.17) is 4.74 Å². The highest BCUT2D eigenvalue weighted by Gasteiger charge is 2.26. The molecule has 0 saturated carbocycles. The number of nitrogens with one attached hydrogen (secondary N) is 1. The average Bonchev–Trinajstić information content (AvgIpc) is 2.84. The van der Waals surface area contributed by atoms with Crippen LogP contribution in [0.5, 0.6) is 5.75 Å². The second-order valence-electron chi connectivity index (χ2n) is 7.26. The molecule has 0 aliphatic heterocycles. The van der Waals surface area contributed by atoms with E-state index in [2.05, 4.69) is 5.32 Å². The lowest BCUT2D eigenvalue weighted by Gasteiger charge is -2.18. The molecule has 1 N–H and O–H groups in total. The van der Waals surface area contributed by atoms with Gasteiger partial charge in [0.2, 0.25) is 10.0 Å². The van der Waals surface area contributed by atoms with Crippen LogP contribution in [-0.2, 0) is 14.8 Å². The Kier molecular flexibility index (Phi) is 7.98. The fraction of sp³-hybridized carbons (Fsp3) is 0.208. The van der Waals surface area contributed by atoms with Gasteiger partial charge in [0.25, 0.3) is 5.91 Å². The first-order valence-electron chi connectivity index (χ1n) is 10.6. The molecule has 0 aromatic heterocycles. The van der Waals surface area contributed by atoms with Gasteiger partial charge in [-0.15, -0.1) is 0 Å². The largest absolute Gasteiger partial charge is 0.477 e. The lowest BCUT2D eigenvalue weighted by molar-refractivity contribution is -0.386. The zero-order valence-electron chi connectivity index (χ0n) is 18.8. The van der Waals surface area contributed by atoms with E-state index in [0.717, 1.165) is 17.2 Å². The summed E-state index contributed by atoms with van der Waals surface area (Å²) in [6.45, 7) is 3.35. The third-order valence-electron chi connectivity index (χ3n) is 5.10. The minimum absolute atomic E-state index is 0.196. The number of carbonyl (C=O) groups excluding carboxylic acids is 1. The Bertz CT molecular complexity index is 1260. The maximum Gasteiger partial charge on any atom is 0.312 e. The maximum absolute atomic E-state index is 12.7. The van der Waals surface area contributed by atoms with Gasteiger partial charge in [-0.25, -0.2) is 8.42 Å². The predicted molar refractivity (Wildman–Crippen MR) is 129 cm³/mol. The maximum atomic E-state index is 12.7. The second kappa shape index (κ2) is 10.9. The van der Waals surface area contributed by atoms with E-state index in [9.17, 15) is 23.3 Å². The molecule has 0 fully saturated rings. The summed E-state index contributed by atoms with van der Waals surface area (Å²) < 4.78 is 31.9. The van der Waals surface area contributed by atoms with Crippen LogP contribution < -0.4 is 10.1 Å². The van der Waals surface area contributed by atoms with Gasteiger partial charge in [0.1, 0.15) is 0 Å². The molecule has 0 bridgehead atoms. The summed E-state index contributed by atoms with van der Waals surface area (Å²) in [4.78, 5) is 22.9. The number of rotatable bonds is 10. The Morgan fingerprint density at radius 2 is 1.59 bits per heavy atom. The third-order valence-corrected chi connectivity index (χ3v) is 7.15. The summed E-state index contributed by atoms with van der Waals surface area (Å²) in [5.41, 5.74) is 2.05. The molecule has 0 radical (unpaired) electrons. The minimum Gasteiger partial charge on any atom is -0.477 e. The first-order chi connectivity index (χ1) is 16.3. The highest BCUT2D eigenvalue weighted by atomic mass is 32.2. The van der Waals surface area contributed by atoms with Crippen molar-refractivity contribution in [1.29, 1.82) is 0 Å². The number of amides is 1. The van der Waals surface area contributed by atoms with Crippen LogP contribution in [0.4, 0.5) is 11.4 Å². The number of carbonyl (C=O) groups is 1. The van der Waals surface area contributed by atoms with Crippen molar-refractivity contribution in [2.24, 2.45) is 0 Å². The lowest BCUT2D eigenvalue weighted by Crippen LogP contribution is -2.30. The van der Waals surface area contributed by atoms with Gasteiger partial charge < -0.3 is 10.1 Å². The first kappa shape index (κ1) is 24.9. The molecule has 0 saturated heterocycles. The number of hydrogen-bond acceptors (Lipinski definition) is 6. The van der Waals surface area contributed by atoms with Crippen molar-refractivity contribution in [2.45, 2.75) is 18.7 Å². The van der Waals surface area contributed by atoms with Crippen LogP contribution in [0.1, 0.15) is 13.8 Å². The standard InChI is InChI=1S/C24H25N3O6S/c1-3-26(4-2)34(31,32)21-14-15-23(22(16-21)27(29)30)33-17-24(28)25-20-12-10-19(11-13-20)18-8-6-5-7-9-18/h5-16H,3-4,17H2,1-2H3,(H,25,28). The fourth-order valence-electron chi connectivity index (χ4n) is 3.35. The normalized spacial score (nSPS) is 11.3. The number of nitrogens with zero attached hydrogens (tertiary/aromatic N) is 2. The van der Waals surface area contributed by atoms with Crippen LogP contribution in [0, 0.1) is 10.1 Å². The van der Waals surface area contributed by atoms with Crippen molar-refractivity contribution in [3.05, 3.63) is 82.9 Å². The number of ether oxygens (including phenoxy) is 1. The summed E-state index contributed by atoms with van der Waals surface area (Å²) in [5.74, 6) is -0.709. The molecule has 0 unspecified atom stereocenters. The third kappa shape index (κ3) is 5.77. The van der Waals surface area contributed by atoms with Crippen molar-refractivity contribution in [3.8, 4) is 16.9 Å². The smallest absolute Gasteiger partial charge is 0.312 e. The second-order valence-corrected chi connectivity index (χ2v) is 9.19. The zero-order valence-corrected chi connectivity index (χ0v) is 19.6. The van der Waals surface area contributed by atoms with Crippen molar-refractivity contribution < 1.29 is 22.9 Å². The molecule has 3 aromatic rings. The van der Waals surface area contributed by atoms with Crippen molar-refractivity contribution in [1.82, 2.24) is 4.31 Å². The molecular weight excluding hydrogens is 458 g/mol. The topological polar surface area (TPSA) is 119 Å². The first-order valence-corrected chi connectivity index (χ1v) is 12.1. The van der Waals surface area contributed by atoms with Crippen molar-refractivity contribution >= 4 is 27.3 Å². The van der Waals surface area contributed by atoms with Crippen molar-refractivity contribution in [3.63, 3.8) is 0 Å². The Labute approximate surface area is 198 Å². The molecule has 0 atom stereocenters. The van der Waals surface area contributed by atoms with Gasteiger partial charge in [0.05, 0.1) is 9.82 Å². The Balaban J connectivity index is 1.68. The van der Waals surface area contributed by atoms with Gasteiger partial charge in [0.15, 0.2) is 12.4 Å². The SMILES string of the molecule is CCN(CC)S(=O)(=O)c1ccc(OCC(=O)Nc2ccc(-c3ccccc3)cc2)c([N+](=O)[O-])c1. The van der Waals surface area contributed by atoms with Gasteiger partial charge in [0, 0.05) is 24.8 Å². The van der Waals surface area contributed by atoms with Gasteiger partial charge in [-0.3, -0.25) is 14.9 Å². The van der Waals surface area contributed by atoms with E-state index >= 15 is 0 Å². The number of nitro groups is 1. The zero-order chi connectivity index (χ0) is 24.7. The van der Waals surface area contributed by atoms with Crippen LogP contribution >= 0.6 is 0 Å². The van der Waals surface area contributed by atoms with Gasteiger partial charge >= 0.3 is 5.69 Å². The molecule has 0 heterocycles. The van der Waals surface area contributed by atoms with Crippen LogP contribution in [0.15, 0.2) is 77.7 Å². The molecule has 3 aromatic carbocycles. The van der Waals surface area contributed by atoms with E-state index in [1.807, 2.05) is 42.5 Å². The molecule has 0 aliphatic carbocycles. The van der Waals surface area contributed by atoms with E-state index in [-0.39, 0.29) is 23.7 Å². The number of sulfonamides is 1. The monoisotopic (exact) mass is 483 g/mol. The number of benzene rings is 3. The van der Waals surface area contributed by atoms with Crippen LogP contribution in [0.25, 0.3) is 11.1 Å². The van der Waals surface area contributed by atoms with Gasteiger partial charge in [-0.1, -0.05) is 56.3 Å². The van der Waals surface area contributed by atoms with Gasteiger partial charge in [-0.05, 0) is 35.4 Å². The molecule has 178 valence electrons. The van der Waals surface area contributed by atoms with Crippen LogP contribution in [0.3, 0.4) is 0 Å². The van der Waals surface area contributed by atoms with E-state index in [1.54, 1.807) is 26.0 Å². The minimum atomic E-state index is -3.88. The van der Waals surface area contributed by atoms with Crippen molar-refractivity contribution in [2.75, 3.05) is 25.0 Å². The quantitative estimate of drug-likeness (QED) is 0.339. The number of hydrogen-bond donors (Lipinski definition) is 1. The van der Waals surface area contributed by atoms with E-state index < -0.39 is 33.1 Å². The molecular formula is C24H25N3O6S. The highest BCUT2D eigenvalue weighted by Crippen LogP contribution is 2.31. The lowest BCUT2D eigenvalue weighted by atomic mass is 10.1.